The molecule has 140 valence electrons. The Bertz CT molecular complexity index is 881. The number of nitrogens with zero attached hydrogens (tertiary/aromatic N) is 1. The third-order valence-electron chi connectivity index (χ3n) is 3.67. The van der Waals surface area contributed by atoms with Crippen LogP contribution in [-0.2, 0) is 14.8 Å². The van der Waals surface area contributed by atoms with E-state index in [1.54, 1.807) is 26.0 Å². The lowest BCUT2D eigenvalue weighted by Gasteiger charge is -2.23. The summed E-state index contributed by atoms with van der Waals surface area (Å²) in [5.74, 6) is 0.0129. The molecule has 0 bridgehead atoms. The van der Waals surface area contributed by atoms with Crippen molar-refractivity contribution in [3.63, 3.8) is 0 Å². The van der Waals surface area contributed by atoms with E-state index in [2.05, 4.69) is 0 Å². The van der Waals surface area contributed by atoms with Crippen molar-refractivity contribution in [1.82, 2.24) is 0 Å². The Labute approximate surface area is 158 Å². The topological polar surface area (TPSA) is 72.9 Å². The fraction of sp³-hybridized carbons (Fsp3) is 0.278. The molecule has 0 spiro atoms. The molecule has 26 heavy (non-hydrogen) atoms. The first-order valence-corrected chi connectivity index (χ1v) is 9.80. The molecule has 0 aliphatic heterocycles. The van der Waals surface area contributed by atoms with Crippen LogP contribution >= 0.6 is 11.6 Å². The summed E-state index contributed by atoms with van der Waals surface area (Å²) in [6.45, 7) is 3.84. The Morgan fingerprint density at radius 2 is 1.77 bits per heavy atom. The smallest absolute Gasteiger partial charge is 0.339 e. The van der Waals surface area contributed by atoms with Crippen LogP contribution in [0.15, 0.2) is 47.4 Å². The van der Waals surface area contributed by atoms with Gasteiger partial charge in [0, 0.05) is 6.54 Å². The number of esters is 1. The van der Waals surface area contributed by atoms with Crippen molar-refractivity contribution in [3.05, 3.63) is 53.1 Å². The van der Waals surface area contributed by atoms with Crippen molar-refractivity contribution >= 4 is 33.3 Å². The lowest BCUT2D eigenvalue weighted by molar-refractivity contribution is 0.0526. The van der Waals surface area contributed by atoms with Gasteiger partial charge in [0.2, 0.25) is 0 Å². The zero-order valence-electron chi connectivity index (χ0n) is 14.7. The maximum Gasteiger partial charge on any atom is 0.339 e. The summed E-state index contributed by atoms with van der Waals surface area (Å²) < 4.78 is 37.1. The summed E-state index contributed by atoms with van der Waals surface area (Å²) in [6, 6.07) is 10.6. The maximum atomic E-state index is 12.9. The van der Waals surface area contributed by atoms with Gasteiger partial charge in [-0.15, -0.1) is 0 Å². The first kappa shape index (κ1) is 20.1. The van der Waals surface area contributed by atoms with Crippen LogP contribution in [0, 0.1) is 0 Å². The molecule has 2 rings (SSSR count). The van der Waals surface area contributed by atoms with E-state index < -0.39 is 16.0 Å². The van der Waals surface area contributed by atoms with E-state index in [1.165, 1.54) is 41.7 Å². The minimum atomic E-state index is -3.79. The van der Waals surface area contributed by atoms with Crippen molar-refractivity contribution in [2.24, 2.45) is 0 Å². The molecule has 0 aliphatic carbocycles. The van der Waals surface area contributed by atoms with Crippen LogP contribution in [0.4, 0.5) is 5.69 Å². The first-order valence-electron chi connectivity index (χ1n) is 7.98. The van der Waals surface area contributed by atoms with Crippen LogP contribution in [-0.4, -0.2) is 34.6 Å². The van der Waals surface area contributed by atoms with Crippen LogP contribution in [0.5, 0.6) is 5.75 Å². The zero-order chi connectivity index (χ0) is 19.3. The van der Waals surface area contributed by atoms with Crippen molar-refractivity contribution in [1.29, 1.82) is 0 Å². The Hall–Kier alpha value is -2.25. The average molecular weight is 398 g/mol. The minimum Gasteiger partial charge on any atom is -0.497 e. The van der Waals surface area contributed by atoms with Crippen LogP contribution in [0.1, 0.15) is 24.2 Å². The Balaban J connectivity index is 2.40. The number of carbonyl (C=O) groups is 1. The van der Waals surface area contributed by atoms with E-state index in [0.29, 0.717) is 11.4 Å². The number of hydrogen-bond donors (Lipinski definition) is 0. The van der Waals surface area contributed by atoms with Gasteiger partial charge in [-0.1, -0.05) is 11.6 Å². The summed E-state index contributed by atoms with van der Waals surface area (Å²) >= 11 is 6.16. The highest BCUT2D eigenvalue weighted by atomic mass is 35.5. The van der Waals surface area contributed by atoms with E-state index in [9.17, 15) is 13.2 Å². The first-order chi connectivity index (χ1) is 12.3. The molecule has 0 aromatic heterocycles. The van der Waals surface area contributed by atoms with Gasteiger partial charge in [-0.2, -0.15) is 0 Å². The van der Waals surface area contributed by atoms with Crippen molar-refractivity contribution < 1.29 is 22.7 Å². The molecular weight excluding hydrogens is 378 g/mol. The molecule has 0 saturated carbocycles. The molecule has 2 aromatic rings. The lowest BCUT2D eigenvalue weighted by atomic mass is 10.2. The highest BCUT2D eigenvalue weighted by Crippen LogP contribution is 2.29. The number of rotatable bonds is 7. The van der Waals surface area contributed by atoms with E-state index in [0.717, 1.165) is 0 Å². The Kier molecular flexibility index (Phi) is 6.50. The molecule has 8 heteroatoms. The largest absolute Gasteiger partial charge is 0.497 e. The van der Waals surface area contributed by atoms with Gasteiger partial charge in [0.1, 0.15) is 5.75 Å². The summed E-state index contributed by atoms with van der Waals surface area (Å²) in [7, 11) is -2.28. The summed E-state index contributed by atoms with van der Waals surface area (Å²) in [5, 5.41) is 0.129. The number of benzene rings is 2. The monoisotopic (exact) mass is 397 g/mol. The second-order valence-electron chi connectivity index (χ2n) is 5.23. The van der Waals surface area contributed by atoms with Gasteiger partial charge < -0.3 is 9.47 Å². The van der Waals surface area contributed by atoms with Crippen molar-refractivity contribution in [3.8, 4) is 5.75 Å². The summed E-state index contributed by atoms with van der Waals surface area (Å²) in [4.78, 5) is 12.0. The molecular formula is C18H20ClNO5S. The zero-order valence-corrected chi connectivity index (χ0v) is 16.3. The molecule has 0 saturated heterocycles. The fourth-order valence-corrected chi connectivity index (χ4v) is 4.12. The SMILES string of the molecule is CCOC(=O)c1ccc(N(CC)S(=O)(=O)c2ccc(OC)cc2)cc1Cl. The van der Waals surface area contributed by atoms with E-state index in [4.69, 9.17) is 21.1 Å². The average Bonchev–Trinajstić information content (AvgIpc) is 2.62. The van der Waals surface area contributed by atoms with Crippen LogP contribution in [0.25, 0.3) is 0 Å². The van der Waals surface area contributed by atoms with E-state index >= 15 is 0 Å². The third kappa shape index (κ3) is 4.11. The summed E-state index contributed by atoms with van der Waals surface area (Å²) in [5.41, 5.74) is 0.552. The number of ether oxygens (including phenoxy) is 2. The van der Waals surface area contributed by atoms with Gasteiger partial charge in [0.15, 0.2) is 0 Å². The molecule has 6 nitrogen and oxygen atoms in total. The normalized spacial score (nSPS) is 11.1. The van der Waals surface area contributed by atoms with Crippen molar-refractivity contribution in [2.75, 3.05) is 24.6 Å². The van der Waals surface area contributed by atoms with Gasteiger partial charge in [-0.3, -0.25) is 4.31 Å². The highest BCUT2D eigenvalue weighted by Gasteiger charge is 2.25. The number of anilines is 1. The molecule has 0 unspecified atom stereocenters. The van der Waals surface area contributed by atoms with Gasteiger partial charge in [-0.05, 0) is 56.3 Å². The van der Waals surface area contributed by atoms with Gasteiger partial charge in [-0.25, -0.2) is 13.2 Å². The third-order valence-corrected chi connectivity index (χ3v) is 5.90. The highest BCUT2D eigenvalue weighted by molar-refractivity contribution is 7.92. The second-order valence-corrected chi connectivity index (χ2v) is 7.50. The van der Waals surface area contributed by atoms with Crippen LogP contribution in [0.3, 0.4) is 0 Å². The standard InChI is InChI=1S/C18H20ClNO5S/c1-4-20(26(22,23)15-9-7-14(24-3)8-10-15)13-6-11-16(17(19)12-13)18(21)25-5-2/h6-12H,4-5H2,1-3H3. The van der Waals surface area contributed by atoms with E-state index in [-0.39, 0.29) is 28.6 Å². The predicted molar refractivity (Wildman–Crippen MR) is 101 cm³/mol. The van der Waals surface area contributed by atoms with Gasteiger partial charge >= 0.3 is 5.97 Å². The Morgan fingerprint density at radius 3 is 2.27 bits per heavy atom. The molecule has 0 N–H and O–H groups in total. The number of carbonyl (C=O) groups excluding carboxylic acids is 1. The fourth-order valence-electron chi connectivity index (χ4n) is 2.40. The predicted octanol–water partition coefficient (Wildman–Crippen LogP) is 3.74. The molecule has 0 amide bonds. The molecule has 0 aliphatic rings. The molecule has 0 atom stereocenters. The minimum absolute atomic E-state index is 0.129. The number of hydrogen-bond acceptors (Lipinski definition) is 5. The van der Waals surface area contributed by atoms with Gasteiger partial charge in [0.05, 0.1) is 34.9 Å². The number of methoxy groups -OCH3 is 1. The lowest BCUT2D eigenvalue weighted by Crippen LogP contribution is -2.30. The number of sulfonamides is 1. The maximum absolute atomic E-state index is 12.9. The summed E-state index contributed by atoms with van der Waals surface area (Å²) in [6.07, 6.45) is 0. The van der Waals surface area contributed by atoms with E-state index in [1.807, 2.05) is 0 Å². The molecule has 0 fully saturated rings. The number of halogens is 1. The molecule has 0 radical (unpaired) electrons. The molecule has 0 heterocycles. The van der Waals surface area contributed by atoms with Crippen LogP contribution in [0.2, 0.25) is 5.02 Å². The van der Waals surface area contributed by atoms with Crippen LogP contribution < -0.4 is 9.04 Å². The van der Waals surface area contributed by atoms with Crippen molar-refractivity contribution in [2.45, 2.75) is 18.7 Å². The quantitative estimate of drug-likeness (QED) is 0.665. The second kappa shape index (κ2) is 8.42. The van der Waals surface area contributed by atoms with Gasteiger partial charge in [0.25, 0.3) is 10.0 Å². The Morgan fingerprint density at radius 1 is 1.12 bits per heavy atom. The molecule has 2 aromatic carbocycles.